The zero-order chi connectivity index (χ0) is 9.23. The first kappa shape index (κ1) is 11.8. The minimum atomic E-state index is -0.173. The first-order chi connectivity index (χ1) is 5.77. The number of unbranched alkanes of at least 4 members (excludes halogenated alkanes) is 1. The highest BCUT2D eigenvalue weighted by Gasteiger charge is 1.92. The third-order valence-electron chi connectivity index (χ3n) is 1.38. The number of ether oxygens (including phenoxy) is 1. The molecule has 72 valence electrons. The molecule has 0 saturated heterocycles. The summed E-state index contributed by atoms with van der Waals surface area (Å²) >= 11 is 1.94. The lowest BCUT2D eigenvalue weighted by molar-refractivity contribution is -0.140. The minimum Gasteiger partial charge on any atom is -0.466 e. The van der Waals surface area contributed by atoms with E-state index in [0.717, 1.165) is 12.2 Å². The maximum absolute atomic E-state index is 10.3. The van der Waals surface area contributed by atoms with E-state index in [1.165, 1.54) is 25.5 Å². The van der Waals surface area contributed by atoms with Crippen molar-refractivity contribution < 1.29 is 9.53 Å². The lowest BCUT2D eigenvalue weighted by Crippen LogP contribution is -2.01. The Labute approximate surface area is 79.1 Å². The highest BCUT2D eigenvalue weighted by molar-refractivity contribution is 7.99. The van der Waals surface area contributed by atoms with Crippen molar-refractivity contribution in [2.24, 2.45) is 0 Å². The van der Waals surface area contributed by atoms with E-state index in [2.05, 4.69) is 6.92 Å². The zero-order valence-electron chi connectivity index (χ0n) is 7.97. The van der Waals surface area contributed by atoms with E-state index in [1.807, 2.05) is 11.8 Å². The Kier molecular flexibility index (Phi) is 8.78. The SMILES string of the molecule is CCCCSCCCOC(C)=O. The summed E-state index contributed by atoms with van der Waals surface area (Å²) < 4.78 is 4.80. The first-order valence-electron chi connectivity index (χ1n) is 4.48. The Hall–Kier alpha value is -0.180. The maximum Gasteiger partial charge on any atom is 0.302 e. The average molecular weight is 190 g/mol. The van der Waals surface area contributed by atoms with E-state index < -0.39 is 0 Å². The summed E-state index contributed by atoms with van der Waals surface area (Å²) in [5.74, 6) is 2.16. The van der Waals surface area contributed by atoms with E-state index in [1.54, 1.807) is 0 Å². The molecule has 0 aromatic heterocycles. The Balaban J connectivity index is 2.86. The molecule has 0 aliphatic heterocycles. The summed E-state index contributed by atoms with van der Waals surface area (Å²) in [6.07, 6.45) is 3.53. The minimum absolute atomic E-state index is 0.173. The van der Waals surface area contributed by atoms with Gasteiger partial charge in [-0.05, 0) is 24.3 Å². The quantitative estimate of drug-likeness (QED) is 0.455. The first-order valence-corrected chi connectivity index (χ1v) is 5.64. The molecule has 0 aromatic rings. The fraction of sp³-hybridized carbons (Fsp3) is 0.889. The largest absolute Gasteiger partial charge is 0.466 e. The van der Waals surface area contributed by atoms with Crippen LogP contribution in [0.4, 0.5) is 0 Å². The zero-order valence-corrected chi connectivity index (χ0v) is 8.78. The average Bonchev–Trinajstić information content (AvgIpc) is 2.02. The van der Waals surface area contributed by atoms with Gasteiger partial charge in [0.25, 0.3) is 0 Å². The van der Waals surface area contributed by atoms with Crippen LogP contribution in [0.1, 0.15) is 33.1 Å². The van der Waals surface area contributed by atoms with Gasteiger partial charge in [0.2, 0.25) is 0 Å². The van der Waals surface area contributed by atoms with Crippen LogP contribution >= 0.6 is 11.8 Å². The molecule has 0 amide bonds. The Bertz CT molecular complexity index is 115. The number of thioether (sulfide) groups is 1. The Morgan fingerprint density at radius 3 is 2.58 bits per heavy atom. The van der Waals surface area contributed by atoms with Gasteiger partial charge < -0.3 is 4.74 Å². The van der Waals surface area contributed by atoms with Gasteiger partial charge in [0.15, 0.2) is 0 Å². The van der Waals surface area contributed by atoms with Crippen molar-refractivity contribution in [1.29, 1.82) is 0 Å². The fourth-order valence-electron chi connectivity index (χ4n) is 0.725. The van der Waals surface area contributed by atoms with Gasteiger partial charge in [0.05, 0.1) is 6.61 Å². The molecule has 12 heavy (non-hydrogen) atoms. The molecule has 3 heteroatoms. The molecule has 0 heterocycles. The monoisotopic (exact) mass is 190 g/mol. The predicted octanol–water partition coefficient (Wildman–Crippen LogP) is 2.47. The summed E-state index contributed by atoms with van der Waals surface area (Å²) in [6, 6.07) is 0. The molecule has 0 aromatic carbocycles. The van der Waals surface area contributed by atoms with Crippen LogP contribution in [0.25, 0.3) is 0 Å². The third kappa shape index (κ3) is 9.82. The second kappa shape index (κ2) is 8.91. The molecule has 0 atom stereocenters. The van der Waals surface area contributed by atoms with Gasteiger partial charge >= 0.3 is 5.97 Å². The second-order valence-corrected chi connectivity index (χ2v) is 3.88. The molecule has 0 rings (SSSR count). The van der Waals surface area contributed by atoms with Crippen molar-refractivity contribution in [2.75, 3.05) is 18.1 Å². The van der Waals surface area contributed by atoms with Crippen LogP contribution in [-0.2, 0) is 9.53 Å². The van der Waals surface area contributed by atoms with Gasteiger partial charge in [-0.2, -0.15) is 11.8 Å². The van der Waals surface area contributed by atoms with Crippen LogP contribution < -0.4 is 0 Å². The normalized spacial score (nSPS) is 9.83. The van der Waals surface area contributed by atoms with Gasteiger partial charge in [-0.25, -0.2) is 0 Å². The topological polar surface area (TPSA) is 26.3 Å². The number of carbonyl (C=O) groups is 1. The molecule has 0 N–H and O–H groups in total. The number of carbonyl (C=O) groups excluding carboxylic acids is 1. The number of rotatable bonds is 7. The van der Waals surface area contributed by atoms with Crippen LogP contribution in [0.5, 0.6) is 0 Å². The molecule has 0 spiro atoms. The number of esters is 1. The van der Waals surface area contributed by atoms with Gasteiger partial charge in [-0.1, -0.05) is 13.3 Å². The van der Waals surface area contributed by atoms with Gasteiger partial charge in [0.1, 0.15) is 0 Å². The number of hydrogen-bond donors (Lipinski definition) is 0. The highest BCUT2D eigenvalue weighted by atomic mass is 32.2. The van der Waals surface area contributed by atoms with E-state index in [-0.39, 0.29) is 5.97 Å². The smallest absolute Gasteiger partial charge is 0.302 e. The van der Waals surface area contributed by atoms with Crippen LogP contribution in [-0.4, -0.2) is 24.1 Å². The third-order valence-corrected chi connectivity index (χ3v) is 2.54. The molecule has 2 nitrogen and oxygen atoms in total. The Morgan fingerprint density at radius 1 is 1.33 bits per heavy atom. The molecule has 0 fully saturated rings. The maximum atomic E-state index is 10.3. The molecular formula is C9H18O2S. The summed E-state index contributed by atoms with van der Waals surface area (Å²) in [6.45, 7) is 4.22. The van der Waals surface area contributed by atoms with Crippen molar-refractivity contribution in [1.82, 2.24) is 0 Å². The lowest BCUT2D eigenvalue weighted by Gasteiger charge is -2.01. The molecule has 0 aliphatic rings. The molecule has 0 bridgehead atoms. The van der Waals surface area contributed by atoms with E-state index in [0.29, 0.717) is 6.61 Å². The van der Waals surface area contributed by atoms with Crippen molar-refractivity contribution in [3.05, 3.63) is 0 Å². The van der Waals surface area contributed by atoms with Crippen molar-refractivity contribution >= 4 is 17.7 Å². The number of hydrogen-bond acceptors (Lipinski definition) is 3. The molecule has 0 radical (unpaired) electrons. The van der Waals surface area contributed by atoms with Crippen LogP contribution in [0, 0.1) is 0 Å². The predicted molar refractivity (Wildman–Crippen MR) is 53.5 cm³/mol. The molecular weight excluding hydrogens is 172 g/mol. The van der Waals surface area contributed by atoms with Crippen LogP contribution in [0.15, 0.2) is 0 Å². The van der Waals surface area contributed by atoms with E-state index >= 15 is 0 Å². The molecule has 0 unspecified atom stereocenters. The van der Waals surface area contributed by atoms with Crippen molar-refractivity contribution in [3.63, 3.8) is 0 Å². The van der Waals surface area contributed by atoms with E-state index in [9.17, 15) is 4.79 Å². The summed E-state index contributed by atoms with van der Waals surface area (Å²) in [4.78, 5) is 10.3. The summed E-state index contributed by atoms with van der Waals surface area (Å²) in [7, 11) is 0. The lowest BCUT2D eigenvalue weighted by atomic mass is 10.4. The van der Waals surface area contributed by atoms with Gasteiger partial charge in [-0.15, -0.1) is 0 Å². The molecule has 0 aliphatic carbocycles. The Morgan fingerprint density at radius 2 is 2.00 bits per heavy atom. The summed E-state index contributed by atoms with van der Waals surface area (Å²) in [5.41, 5.74) is 0. The second-order valence-electron chi connectivity index (χ2n) is 2.66. The van der Waals surface area contributed by atoms with Crippen LogP contribution in [0.3, 0.4) is 0 Å². The van der Waals surface area contributed by atoms with Crippen molar-refractivity contribution in [2.45, 2.75) is 33.1 Å². The molecule has 0 saturated carbocycles. The summed E-state index contributed by atoms with van der Waals surface area (Å²) in [5, 5.41) is 0. The highest BCUT2D eigenvalue weighted by Crippen LogP contribution is 2.05. The van der Waals surface area contributed by atoms with Crippen LogP contribution in [0.2, 0.25) is 0 Å². The van der Waals surface area contributed by atoms with Gasteiger partial charge in [0, 0.05) is 6.92 Å². The van der Waals surface area contributed by atoms with Gasteiger partial charge in [-0.3, -0.25) is 4.79 Å². The van der Waals surface area contributed by atoms with E-state index in [4.69, 9.17) is 4.74 Å². The van der Waals surface area contributed by atoms with Crippen molar-refractivity contribution in [3.8, 4) is 0 Å². The standard InChI is InChI=1S/C9H18O2S/c1-3-4-7-12-8-5-6-11-9(2)10/h3-8H2,1-2H3. The fourth-order valence-corrected chi connectivity index (χ4v) is 1.74.